The SMILES string of the molecule is CCCNC(CC)CN(CCC(C)C)C1CC1. The van der Waals surface area contributed by atoms with Gasteiger partial charge in [0.15, 0.2) is 0 Å². The Bertz CT molecular complexity index is 187. The molecule has 2 heteroatoms. The molecule has 0 aromatic rings. The van der Waals surface area contributed by atoms with E-state index in [1.54, 1.807) is 0 Å². The molecule has 0 bridgehead atoms. The first-order valence-corrected chi connectivity index (χ1v) is 7.64. The Kier molecular flexibility index (Phi) is 7.14. The molecule has 0 aromatic heterocycles. The summed E-state index contributed by atoms with van der Waals surface area (Å²) in [4.78, 5) is 2.73. The van der Waals surface area contributed by atoms with E-state index >= 15 is 0 Å². The van der Waals surface area contributed by atoms with E-state index in [1.807, 2.05) is 0 Å². The first kappa shape index (κ1) is 15.0. The maximum absolute atomic E-state index is 3.68. The molecule has 17 heavy (non-hydrogen) atoms. The number of rotatable bonds is 10. The van der Waals surface area contributed by atoms with Crippen molar-refractivity contribution in [3.05, 3.63) is 0 Å². The summed E-state index contributed by atoms with van der Waals surface area (Å²) in [6, 6.07) is 1.61. The van der Waals surface area contributed by atoms with Gasteiger partial charge in [0, 0.05) is 18.6 Å². The zero-order valence-corrected chi connectivity index (χ0v) is 12.3. The van der Waals surface area contributed by atoms with Crippen LogP contribution in [-0.4, -0.2) is 36.6 Å². The van der Waals surface area contributed by atoms with Crippen molar-refractivity contribution in [1.29, 1.82) is 0 Å². The summed E-state index contributed by atoms with van der Waals surface area (Å²) in [5.41, 5.74) is 0. The van der Waals surface area contributed by atoms with Crippen molar-refractivity contribution in [3.8, 4) is 0 Å². The molecule has 2 nitrogen and oxygen atoms in total. The fourth-order valence-electron chi connectivity index (χ4n) is 2.26. The number of hydrogen-bond donors (Lipinski definition) is 1. The highest BCUT2D eigenvalue weighted by atomic mass is 15.2. The van der Waals surface area contributed by atoms with Crippen molar-refractivity contribution in [2.24, 2.45) is 5.92 Å². The zero-order chi connectivity index (χ0) is 12.7. The fourth-order valence-corrected chi connectivity index (χ4v) is 2.26. The average molecular weight is 240 g/mol. The summed E-state index contributed by atoms with van der Waals surface area (Å²) in [6.07, 6.45) is 6.71. The molecule has 1 fully saturated rings. The van der Waals surface area contributed by atoms with E-state index in [0.717, 1.165) is 12.0 Å². The lowest BCUT2D eigenvalue weighted by Gasteiger charge is -2.28. The molecule has 1 unspecified atom stereocenters. The third kappa shape index (κ3) is 6.42. The van der Waals surface area contributed by atoms with E-state index in [1.165, 1.54) is 51.7 Å². The van der Waals surface area contributed by atoms with Crippen LogP contribution in [-0.2, 0) is 0 Å². The predicted molar refractivity (Wildman–Crippen MR) is 76.4 cm³/mol. The number of nitrogens with zero attached hydrogens (tertiary/aromatic N) is 1. The Hall–Kier alpha value is -0.0800. The molecule has 0 saturated heterocycles. The second kappa shape index (κ2) is 8.10. The highest BCUT2D eigenvalue weighted by Crippen LogP contribution is 2.27. The van der Waals surface area contributed by atoms with E-state index < -0.39 is 0 Å². The fraction of sp³-hybridized carbons (Fsp3) is 1.00. The van der Waals surface area contributed by atoms with Gasteiger partial charge < -0.3 is 5.32 Å². The van der Waals surface area contributed by atoms with E-state index in [2.05, 4.69) is 37.9 Å². The lowest BCUT2D eigenvalue weighted by atomic mass is 10.1. The number of nitrogens with one attached hydrogen (secondary N) is 1. The molecule has 1 aliphatic carbocycles. The largest absolute Gasteiger partial charge is 0.313 e. The van der Waals surface area contributed by atoms with E-state index in [4.69, 9.17) is 0 Å². The van der Waals surface area contributed by atoms with Gasteiger partial charge in [-0.3, -0.25) is 4.90 Å². The van der Waals surface area contributed by atoms with Gasteiger partial charge in [0.25, 0.3) is 0 Å². The molecule has 0 spiro atoms. The quantitative estimate of drug-likeness (QED) is 0.630. The topological polar surface area (TPSA) is 15.3 Å². The molecule has 0 radical (unpaired) electrons. The lowest BCUT2D eigenvalue weighted by molar-refractivity contribution is 0.217. The van der Waals surface area contributed by atoms with Crippen LogP contribution in [0, 0.1) is 5.92 Å². The minimum atomic E-state index is 0.697. The van der Waals surface area contributed by atoms with Crippen LogP contribution in [0.2, 0.25) is 0 Å². The summed E-state index contributed by atoms with van der Waals surface area (Å²) in [7, 11) is 0. The Morgan fingerprint density at radius 2 is 1.94 bits per heavy atom. The van der Waals surface area contributed by atoms with Gasteiger partial charge in [-0.2, -0.15) is 0 Å². The highest BCUT2D eigenvalue weighted by Gasteiger charge is 2.29. The van der Waals surface area contributed by atoms with Crippen molar-refractivity contribution in [3.63, 3.8) is 0 Å². The van der Waals surface area contributed by atoms with Crippen molar-refractivity contribution in [2.45, 2.75) is 71.9 Å². The minimum Gasteiger partial charge on any atom is -0.313 e. The van der Waals surface area contributed by atoms with E-state index in [-0.39, 0.29) is 0 Å². The van der Waals surface area contributed by atoms with E-state index in [9.17, 15) is 0 Å². The van der Waals surface area contributed by atoms with Gasteiger partial charge in [0.1, 0.15) is 0 Å². The normalized spacial score (nSPS) is 18.0. The van der Waals surface area contributed by atoms with Crippen molar-refractivity contribution < 1.29 is 0 Å². The van der Waals surface area contributed by atoms with Crippen LogP contribution in [0.4, 0.5) is 0 Å². The van der Waals surface area contributed by atoms with Gasteiger partial charge >= 0.3 is 0 Å². The van der Waals surface area contributed by atoms with Crippen LogP contribution in [0.3, 0.4) is 0 Å². The van der Waals surface area contributed by atoms with E-state index in [0.29, 0.717) is 6.04 Å². The van der Waals surface area contributed by atoms with Crippen molar-refractivity contribution in [1.82, 2.24) is 10.2 Å². The standard InChI is InChI=1S/C15H32N2/c1-5-10-16-14(6-2)12-17(15-7-8-15)11-9-13(3)4/h13-16H,5-12H2,1-4H3. The molecule has 102 valence electrons. The van der Waals surface area contributed by atoms with Crippen LogP contribution in [0.1, 0.15) is 59.8 Å². The molecule has 0 aromatic carbocycles. The predicted octanol–water partition coefficient (Wildman–Crippen LogP) is 3.28. The molecule has 0 amide bonds. The first-order valence-electron chi connectivity index (χ1n) is 7.64. The molecule has 1 N–H and O–H groups in total. The maximum Gasteiger partial charge on any atom is 0.0192 e. The first-order chi connectivity index (χ1) is 8.17. The van der Waals surface area contributed by atoms with Gasteiger partial charge in [0.2, 0.25) is 0 Å². The molecular weight excluding hydrogens is 208 g/mol. The molecular formula is C15H32N2. The minimum absolute atomic E-state index is 0.697. The molecule has 0 aliphatic heterocycles. The van der Waals surface area contributed by atoms with Gasteiger partial charge in [-0.1, -0.05) is 27.7 Å². The smallest absolute Gasteiger partial charge is 0.0192 e. The van der Waals surface area contributed by atoms with Crippen LogP contribution in [0.5, 0.6) is 0 Å². The van der Waals surface area contributed by atoms with Gasteiger partial charge in [-0.25, -0.2) is 0 Å². The number of hydrogen-bond acceptors (Lipinski definition) is 2. The maximum atomic E-state index is 3.68. The van der Waals surface area contributed by atoms with Crippen LogP contribution in [0.25, 0.3) is 0 Å². The summed E-state index contributed by atoms with van der Waals surface area (Å²) in [5, 5.41) is 3.68. The van der Waals surface area contributed by atoms with Crippen molar-refractivity contribution in [2.75, 3.05) is 19.6 Å². The van der Waals surface area contributed by atoms with Gasteiger partial charge in [-0.05, 0) is 51.1 Å². The molecule has 0 heterocycles. The second-order valence-electron chi connectivity index (χ2n) is 5.97. The summed E-state index contributed by atoms with van der Waals surface area (Å²) in [5.74, 6) is 0.833. The molecule has 1 atom stereocenters. The van der Waals surface area contributed by atoms with Crippen LogP contribution < -0.4 is 5.32 Å². The van der Waals surface area contributed by atoms with Crippen LogP contribution >= 0.6 is 0 Å². The lowest BCUT2D eigenvalue weighted by Crippen LogP contribution is -2.42. The third-order valence-electron chi connectivity index (χ3n) is 3.69. The van der Waals surface area contributed by atoms with Gasteiger partial charge in [-0.15, -0.1) is 0 Å². The third-order valence-corrected chi connectivity index (χ3v) is 3.69. The highest BCUT2D eigenvalue weighted by molar-refractivity contribution is 4.86. The Morgan fingerprint density at radius 3 is 2.41 bits per heavy atom. The Labute approximate surface area is 108 Å². The molecule has 1 rings (SSSR count). The van der Waals surface area contributed by atoms with Gasteiger partial charge in [0.05, 0.1) is 0 Å². The summed E-state index contributed by atoms with van der Waals surface area (Å²) < 4.78 is 0. The van der Waals surface area contributed by atoms with Crippen LogP contribution in [0.15, 0.2) is 0 Å². The second-order valence-corrected chi connectivity index (χ2v) is 5.97. The molecule has 1 saturated carbocycles. The average Bonchev–Trinajstić information content (AvgIpc) is 3.12. The molecule has 1 aliphatic rings. The zero-order valence-electron chi connectivity index (χ0n) is 12.3. The monoisotopic (exact) mass is 240 g/mol. The Balaban J connectivity index is 2.30. The summed E-state index contributed by atoms with van der Waals surface area (Å²) >= 11 is 0. The van der Waals surface area contributed by atoms with Crippen molar-refractivity contribution >= 4 is 0 Å². The Morgan fingerprint density at radius 1 is 1.24 bits per heavy atom. The summed E-state index contributed by atoms with van der Waals surface area (Å²) in [6.45, 7) is 12.9.